The van der Waals surface area contributed by atoms with Crippen LogP contribution in [0.25, 0.3) is 0 Å². The first kappa shape index (κ1) is 11.4. The minimum absolute atomic E-state index is 0.0853. The van der Waals surface area contributed by atoms with E-state index in [2.05, 4.69) is 0 Å². The number of fused-ring (bicyclic) bond motifs is 1. The molecule has 0 spiro atoms. The number of ether oxygens (including phenoxy) is 1. The number of nitro benzene ring substituents is 1. The van der Waals surface area contributed by atoms with Gasteiger partial charge in [-0.3, -0.25) is 10.1 Å². The van der Waals surface area contributed by atoms with Crippen LogP contribution in [0.15, 0.2) is 48.5 Å². The molecule has 3 rings (SSSR count). The molecule has 0 bridgehead atoms. The Balaban J connectivity index is 1.95. The van der Waals surface area contributed by atoms with E-state index in [0.29, 0.717) is 6.73 Å². The molecule has 2 aromatic carbocycles. The standard InChI is InChI=1S/C14H11N2O3/c17-16(18)13-7-5-12(6-8-13)15-9-11-3-1-2-4-14(11)19-10-15/h1-9H,10H2/q+1. The molecule has 0 saturated heterocycles. The average molecular weight is 255 g/mol. The van der Waals surface area contributed by atoms with Crippen LogP contribution >= 0.6 is 0 Å². The second kappa shape index (κ2) is 4.53. The van der Waals surface area contributed by atoms with Crippen LogP contribution in [0.2, 0.25) is 0 Å². The number of hydrogen-bond donors (Lipinski definition) is 0. The SMILES string of the molecule is O=[N+]([O-])c1ccc([N+]2=Cc3ccccc3OC2)cc1. The molecule has 0 saturated carbocycles. The molecular weight excluding hydrogens is 244 g/mol. The largest absolute Gasteiger partial charge is 0.435 e. The van der Waals surface area contributed by atoms with Crippen molar-refractivity contribution in [1.29, 1.82) is 0 Å². The lowest BCUT2D eigenvalue weighted by Gasteiger charge is -2.12. The number of para-hydroxylation sites is 1. The summed E-state index contributed by atoms with van der Waals surface area (Å²) in [5, 5.41) is 10.6. The number of nitrogens with zero attached hydrogens (tertiary/aromatic N) is 2. The second-order valence-electron chi connectivity index (χ2n) is 4.18. The summed E-state index contributed by atoms with van der Waals surface area (Å²) < 4.78 is 7.54. The van der Waals surface area contributed by atoms with Gasteiger partial charge in [0.2, 0.25) is 5.69 Å². The van der Waals surface area contributed by atoms with Crippen molar-refractivity contribution in [3.8, 4) is 5.75 Å². The molecule has 0 fully saturated rings. The molecule has 0 aromatic heterocycles. The smallest absolute Gasteiger partial charge is 0.292 e. The highest BCUT2D eigenvalue weighted by Gasteiger charge is 2.19. The highest BCUT2D eigenvalue weighted by molar-refractivity contribution is 5.81. The Labute approximate surface area is 109 Å². The minimum atomic E-state index is -0.407. The molecular formula is C14H11N2O3+. The first-order valence-corrected chi connectivity index (χ1v) is 5.82. The second-order valence-corrected chi connectivity index (χ2v) is 4.18. The number of benzene rings is 2. The number of hydrogen-bond acceptors (Lipinski definition) is 3. The normalized spacial score (nSPS) is 13.2. The van der Waals surface area contributed by atoms with Crippen LogP contribution in [0.3, 0.4) is 0 Å². The summed E-state index contributed by atoms with van der Waals surface area (Å²) in [6.07, 6.45) is 1.97. The molecule has 1 aliphatic rings. The quantitative estimate of drug-likeness (QED) is 0.471. The number of rotatable bonds is 2. The maximum absolute atomic E-state index is 10.6. The molecule has 0 N–H and O–H groups in total. The molecule has 1 heterocycles. The molecule has 0 radical (unpaired) electrons. The van der Waals surface area contributed by atoms with E-state index in [1.807, 2.05) is 35.1 Å². The summed E-state index contributed by atoms with van der Waals surface area (Å²) >= 11 is 0. The van der Waals surface area contributed by atoms with Crippen LogP contribution in [0.5, 0.6) is 5.75 Å². The fourth-order valence-corrected chi connectivity index (χ4v) is 1.98. The van der Waals surface area contributed by atoms with Crippen molar-refractivity contribution in [2.45, 2.75) is 0 Å². The minimum Gasteiger partial charge on any atom is -0.435 e. The van der Waals surface area contributed by atoms with E-state index in [1.54, 1.807) is 12.1 Å². The molecule has 5 heteroatoms. The predicted octanol–water partition coefficient (Wildman–Crippen LogP) is 2.71. The van der Waals surface area contributed by atoms with Gasteiger partial charge < -0.3 is 4.74 Å². The zero-order chi connectivity index (χ0) is 13.2. The van der Waals surface area contributed by atoms with Gasteiger partial charge in [0.05, 0.1) is 10.5 Å². The third-order valence-electron chi connectivity index (χ3n) is 2.97. The van der Waals surface area contributed by atoms with Gasteiger partial charge in [0.25, 0.3) is 12.4 Å². The predicted molar refractivity (Wildman–Crippen MR) is 70.1 cm³/mol. The van der Waals surface area contributed by atoms with Gasteiger partial charge in [-0.25, -0.2) is 0 Å². The lowest BCUT2D eigenvalue weighted by atomic mass is 10.2. The van der Waals surface area contributed by atoms with Crippen molar-refractivity contribution >= 4 is 17.6 Å². The Hall–Kier alpha value is -2.69. The Bertz CT molecular complexity index is 663. The zero-order valence-electron chi connectivity index (χ0n) is 10.0. The summed E-state index contributed by atoms with van der Waals surface area (Å²) in [5.74, 6) is 0.848. The molecule has 0 aliphatic carbocycles. The molecule has 19 heavy (non-hydrogen) atoms. The van der Waals surface area contributed by atoms with Gasteiger partial charge in [-0.2, -0.15) is 4.58 Å². The fraction of sp³-hybridized carbons (Fsp3) is 0.0714. The van der Waals surface area contributed by atoms with Gasteiger partial charge in [0.15, 0.2) is 6.21 Å². The molecule has 94 valence electrons. The maximum Gasteiger partial charge on any atom is 0.292 e. The summed E-state index contributed by atoms with van der Waals surface area (Å²) in [6.45, 7) is 0.398. The third-order valence-corrected chi connectivity index (χ3v) is 2.97. The Kier molecular flexibility index (Phi) is 2.72. The number of non-ortho nitro benzene ring substituents is 1. The van der Waals surface area contributed by atoms with Crippen LogP contribution in [0, 0.1) is 10.1 Å². The first-order chi connectivity index (χ1) is 9.24. The first-order valence-electron chi connectivity index (χ1n) is 5.82. The summed E-state index contributed by atoms with van der Waals surface area (Å²) in [4.78, 5) is 10.2. The zero-order valence-corrected chi connectivity index (χ0v) is 10.0. The van der Waals surface area contributed by atoms with Crippen molar-refractivity contribution in [3.63, 3.8) is 0 Å². The van der Waals surface area contributed by atoms with Crippen molar-refractivity contribution in [2.24, 2.45) is 0 Å². The molecule has 2 aromatic rings. The molecule has 5 nitrogen and oxygen atoms in total. The van der Waals surface area contributed by atoms with Gasteiger partial charge in [-0.05, 0) is 12.1 Å². The molecule has 0 unspecified atom stereocenters. The Morgan fingerprint density at radius 2 is 1.84 bits per heavy atom. The van der Waals surface area contributed by atoms with E-state index in [0.717, 1.165) is 17.0 Å². The van der Waals surface area contributed by atoms with Gasteiger partial charge >= 0.3 is 0 Å². The highest BCUT2D eigenvalue weighted by Crippen LogP contribution is 2.23. The summed E-state index contributed by atoms with van der Waals surface area (Å²) in [7, 11) is 0. The van der Waals surface area contributed by atoms with Crippen LogP contribution in [-0.2, 0) is 0 Å². The van der Waals surface area contributed by atoms with Gasteiger partial charge in [-0.15, -0.1) is 0 Å². The van der Waals surface area contributed by atoms with Crippen molar-refractivity contribution in [1.82, 2.24) is 0 Å². The van der Waals surface area contributed by atoms with E-state index in [-0.39, 0.29) is 5.69 Å². The monoisotopic (exact) mass is 255 g/mol. The lowest BCUT2D eigenvalue weighted by molar-refractivity contribution is -0.476. The third kappa shape index (κ3) is 2.18. The number of nitro groups is 1. The Morgan fingerprint density at radius 1 is 1.11 bits per heavy atom. The fourth-order valence-electron chi connectivity index (χ4n) is 1.98. The lowest BCUT2D eigenvalue weighted by Crippen LogP contribution is -2.20. The van der Waals surface area contributed by atoms with Crippen molar-refractivity contribution in [3.05, 3.63) is 64.2 Å². The molecule has 0 amide bonds. The van der Waals surface area contributed by atoms with Gasteiger partial charge in [-0.1, -0.05) is 12.1 Å². The van der Waals surface area contributed by atoms with E-state index >= 15 is 0 Å². The van der Waals surface area contributed by atoms with Crippen molar-refractivity contribution < 1.29 is 14.2 Å². The summed E-state index contributed by atoms with van der Waals surface area (Å²) in [6, 6.07) is 14.2. The average Bonchev–Trinajstić information content (AvgIpc) is 2.47. The van der Waals surface area contributed by atoms with E-state index in [1.165, 1.54) is 12.1 Å². The van der Waals surface area contributed by atoms with Crippen molar-refractivity contribution in [2.75, 3.05) is 6.73 Å². The molecule has 0 atom stereocenters. The van der Waals surface area contributed by atoms with Gasteiger partial charge in [0.1, 0.15) is 5.75 Å². The van der Waals surface area contributed by atoms with Crippen LogP contribution in [0.1, 0.15) is 5.56 Å². The van der Waals surface area contributed by atoms with Crippen LogP contribution < -0.4 is 4.74 Å². The van der Waals surface area contributed by atoms with Crippen LogP contribution in [0.4, 0.5) is 11.4 Å². The van der Waals surface area contributed by atoms with E-state index in [9.17, 15) is 10.1 Å². The van der Waals surface area contributed by atoms with E-state index < -0.39 is 4.92 Å². The van der Waals surface area contributed by atoms with E-state index in [4.69, 9.17) is 4.74 Å². The topological polar surface area (TPSA) is 55.4 Å². The van der Waals surface area contributed by atoms with Crippen LogP contribution in [-0.4, -0.2) is 22.4 Å². The maximum atomic E-state index is 10.6. The summed E-state index contributed by atoms with van der Waals surface area (Å²) in [5.41, 5.74) is 1.94. The van der Waals surface area contributed by atoms with Gasteiger partial charge in [0, 0.05) is 24.3 Å². The highest BCUT2D eigenvalue weighted by atomic mass is 16.6. The molecule has 1 aliphatic heterocycles. The Morgan fingerprint density at radius 3 is 2.58 bits per heavy atom.